The predicted octanol–water partition coefficient (Wildman–Crippen LogP) is 4.30. The molecule has 4 nitrogen and oxygen atoms in total. The average molecular weight is 347 g/mol. The fraction of sp³-hybridized carbons (Fsp3) is 0.385. The van der Waals surface area contributed by atoms with Gasteiger partial charge in [0.2, 0.25) is 5.13 Å². The molecule has 1 aromatic heterocycles. The molecule has 22 heavy (non-hydrogen) atoms. The van der Waals surface area contributed by atoms with Gasteiger partial charge in [-0.25, -0.2) is 0 Å². The van der Waals surface area contributed by atoms with Crippen LogP contribution in [0.4, 0.5) is 18.3 Å². The molecule has 0 spiro atoms. The average Bonchev–Trinajstić information content (AvgIpc) is 3.14. The Bertz CT molecular complexity index is 626. The molecule has 0 saturated heterocycles. The topological polar surface area (TPSA) is 47.0 Å². The van der Waals surface area contributed by atoms with Crippen LogP contribution in [0.15, 0.2) is 28.6 Å². The van der Waals surface area contributed by atoms with E-state index in [4.69, 9.17) is 0 Å². The number of halogens is 3. The molecule has 1 heterocycles. The summed E-state index contributed by atoms with van der Waals surface area (Å²) in [6.07, 6.45) is -2.31. The summed E-state index contributed by atoms with van der Waals surface area (Å²) in [6, 6.07) is 6.37. The largest absolute Gasteiger partial charge is 0.573 e. The normalized spacial score (nSPS) is 14.9. The molecular formula is C13H12F3N3OS2. The van der Waals surface area contributed by atoms with E-state index in [9.17, 15) is 13.2 Å². The second-order valence-corrected chi connectivity index (χ2v) is 6.97. The Hall–Kier alpha value is -1.48. The molecule has 1 saturated carbocycles. The summed E-state index contributed by atoms with van der Waals surface area (Å²) in [4.78, 5) is 0. The van der Waals surface area contributed by atoms with Crippen LogP contribution in [0.25, 0.3) is 0 Å². The first kappa shape index (κ1) is 15.4. The second kappa shape index (κ2) is 6.33. The van der Waals surface area contributed by atoms with Gasteiger partial charge in [-0.2, -0.15) is 0 Å². The maximum atomic E-state index is 12.1. The third-order valence-electron chi connectivity index (χ3n) is 2.83. The van der Waals surface area contributed by atoms with E-state index in [0.717, 1.165) is 15.0 Å². The Kier molecular flexibility index (Phi) is 4.44. The van der Waals surface area contributed by atoms with Crippen molar-refractivity contribution in [3.8, 4) is 5.75 Å². The van der Waals surface area contributed by atoms with Crippen molar-refractivity contribution in [1.29, 1.82) is 0 Å². The van der Waals surface area contributed by atoms with Crippen molar-refractivity contribution in [2.24, 2.45) is 0 Å². The Morgan fingerprint density at radius 2 is 1.95 bits per heavy atom. The van der Waals surface area contributed by atoms with Crippen LogP contribution in [0.1, 0.15) is 18.4 Å². The van der Waals surface area contributed by atoms with Crippen LogP contribution in [0.5, 0.6) is 5.75 Å². The van der Waals surface area contributed by atoms with E-state index in [1.165, 1.54) is 48.1 Å². The highest BCUT2D eigenvalue weighted by molar-refractivity contribution is 8.00. The number of hydrogen-bond acceptors (Lipinski definition) is 6. The van der Waals surface area contributed by atoms with Gasteiger partial charge in [0, 0.05) is 11.8 Å². The Morgan fingerprint density at radius 3 is 2.59 bits per heavy atom. The molecule has 2 aromatic rings. The second-order valence-electron chi connectivity index (χ2n) is 4.77. The summed E-state index contributed by atoms with van der Waals surface area (Å²) in [6.45, 7) is 0. The lowest BCUT2D eigenvalue weighted by Crippen LogP contribution is -2.16. The maximum Gasteiger partial charge on any atom is 0.573 e. The van der Waals surface area contributed by atoms with Crippen LogP contribution in [0.3, 0.4) is 0 Å². The molecule has 1 aliphatic carbocycles. The van der Waals surface area contributed by atoms with Gasteiger partial charge in [0.25, 0.3) is 0 Å². The minimum atomic E-state index is -4.66. The fourth-order valence-corrected chi connectivity index (χ4v) is 3.45. The first-order valence-electron chi connectivity index (χ1n) is 6.55. The van der Waals surface area contributed by atoms with E-state index < -0.39 is 6.36 Å². The molecule has 0 unspecified atom stereocenters. The number of aromatic nitrogens is 2. The molecule has 9 heteroatoms. The van der Waals surface area contributed by atoms with E-state index in [0.29, 0.717) is 11.8 Å². The Labute approximate surface area is 133 Å². The fourth-order valence-electron chi connectivity index (χ4n) is 1.66. The van der Waals surface area contributed by atoms with Gasteiger partial charge in [0.1, 0.15) is 5.75 Å². The molecule has 0 bridgehead atoms. The molecule has 118 valence electrons. The van der Waals surface area contributed by atoms with Crippen molar-refractivity contribution in [2.45, 2.75) is 35.3 Å². The number of anilines is 1. The molecule has 0 amide bonds. The van der Waals surface area contributed by atoms with Crippen LogP contribution in [-0.4, -0.2) is 22.6 Å². The van der Waals surface area contributed by atoms with Crippen molar-refractivity contribution in [3.63, 3.8) is 0 Å². The van der Waals surface area contributed by atoms with Crippen molar-refractivity contribution in [3.05, 3.63) is 29.8 Å². The minimum Gasteiger partial charge on any atom is -0.406 e. The third-order valence-corrected chi connectivity index (χ3v) is 4.89. The van der Waals surface area contributed by atoms with Crippen LogP contribution in [0, 0.1) is 0 Å². The number of nitrogens with one attached hydrogen (secondary N) is 1. The lowest BCUT2D eigenvalue weighted by molar-refractivity contribution is -0.274. The number of hydrogen-bond donors (Lipinski definition) is 1. The van der Waals surface area contributed by atoms with E-state index in [1.54, 1.807) is 12.1 Å². The Morgan fingerprint density at radius 1 is 1.23 bits per heavy atom. The van der Waals surface area contributed by atoms with Gasteiger partial charge in [-0.15, -0.1) is 23.4 Å². The van der Waals surface area contributed by atoms with Gasteiger partial charge in [-0.05, 0) is 30.5 Å². The van der Waals surface area contributed by atoms with Crippen molar-refractivity contribution in [1.82, 2.24) is 10.2 Å². The number of ether oxygens (including phenoxy) is 1. The molecule has 1 aromatic carbocycles. The monoisotopic (exact) mass is 347 g/mol. The summed E-state index contributed by atoms with van der Waals surface area (Å²) in [5, 5.41) is 12.2. The summed E-state index contributed by atoms with van der Waals surface area (Å²) in [5.41, 5.74) is 0.895. The molecule has 0 radical (unpaired) electrons. The predicted molar refractivity (Wildman–Crippen MR) is 79.2 cm³/mol. The molecular weight excluding hydrogens is 335 g/mol. The SMILES string of the molecule is FC(F)(F)Oc1ccc(CSc2nnc(NC3CC3)s2)cc1. The molecule has 0 aliphatic heterocycles. The summed E-state index contributed by atoms with van der Waals surface area (Å²) in [7, 11) is 0. The highest BCUT2D eigenvalue weighted by atomic mass is 32.2. The molecule has 1 N–H and O–H groups in total. The van der Waals surface area contributed by atoms with E-state index >= 15 is 0 Å². The number of thioether (sulfide) groups is 1. The number of alkyl halides is 3. The quantitative estimate of drug-likeness (QED) is 0.789. The molecule has 1 fully saturated rings. The van der Waals surface area contributed by atoms with Crippen LogP contribution < -0.4 is 10.1 Å². The van der Waals surface area contributed by atoms with Crippen molar-refractivity contribution < 1.29 is 17.9 Å². The number of benzene rings is 1. The lowest BCUT2D eigenvalue weighted by Gasteiger charge is -2.08. The summed E-state index contributed by atoms with van der Waals surface area (Å²) in [5.74, 6) is 0.401. The zero-order valence-electron chi connectivity index (χ0n) is 11.3. The van der Waals surface area contributed by atoms with Crippen molar-refractivity contribution in [2.75, 3.05) is 5.32 Å². The Balaban J connectivity index is 1.51. The van der Waals surface area contributed by atoms with Gasteiger partial charge < -0.3 is 10.1 Å². The highest BCUT2D eigenvalue weighted by Crippen LogP contribution is 2.32. The number of nitrogens with zero attached hydrogens (tertiary/aromatic N) is 2. The van der Waals surface area contributed by atoms with Crippen LogP contribution in [0.2, 0.25) is 0 Å². The zero-order valence-corrected chi connectivity index (χ0v) is 12.9. The van der Waals surface area contributed by atoms with Gasteiger partial charge >= 0.3 is 6.36 Å². The smallest absolute Gasteiger partial charge is 0.406 e. The van der Waals surface area contributed by atoms with Gasteiger partial charge in [0.15, 0.2) is 4.34 Å². The first-order valence-corrected chi connectivity index (χ1v) is 8.36. The molecule has 1 aliphatic rings. The lowest BCUT2D eigenvalue weighted by atomic mass is 10.2. The zero-order chi connectivity index (χ0) is 15.6. The van der Waals surface area contributed by atoms with Crippen molar-refractivity contribution >= 4 is 28.2 Å². The summed E-state index contributed by atoms with van der Waals surface area (Å²) >= 11 is 2.99. The van der Waals surface area contributed by atoms with Crippen LogP contribution >= 0.6 is 23.1 Å². The van der Waals surface area contributed by atoms with Gasteiger partial charge in [0.05, 0.1) is 0 Å². The molecule has 3 rings (SSSR count). The van der Waals surface area contributed by atoms with Gasteiger partial charge in [-0.3, -0.25) is 0 Å². The van der Waals surface area contributed by atoms with E-state index in [1.807, 2.05) is 0 Å². The van der Waals surface area contributed by atoms with Crippen LogP contribution in [-0.2, 0) is 5.75 Å². The van der Waals surface area contributed by atoms with Gasteiger partial charge in [-0.1, -0.05) is 35.2 Å². The maximum absolute atomic E-state index is 12.1. The highest BCUT2D eigenvalue weighted by Gasteiger charge is 2.30. The molecule has 0 atom stereocenters. The minimum absolute atomic E-state index is 0.215. The number of rotatable bonds is 6. The third kappa shape index (κ3) is 4.77. The summed E-state index contributed by atoms with van der Waals surface area (Å²) < 4.78 is 40.8. The van der Waals surface area contributed by atoms with E-state index in [2.05, 4.69) is 20.3 Å². The first-order chi connectivity index (χ1) is 10.5. The van der Waals surface area contributed by atoms with E-state index in [-0.39, 0.29) is 5.75 Å². The standard InChI is InChI=1S/C13H12F3N3OS2/c14-13(15,16)20-10-5-1-8(2-6-10)7-21-12-19-18-11(22-12)17-9-3-4-9/h1-2,5-6,9H,3-4,7H2,(H,17,18).